The monoisotopic (exact) mass is 431 g/mol. The molecule has 25 heavy (non-hydrogen) atoms. The highest BCUT2D eigenvalue weighted by Crippen LogP contribution is 2.71. The number of alkyl halides is 1. The Hall–Kier alpha value is 0.815. The van der Waals surface area contributed by atoms with E-state index in [1.807, 2.05) is 14.2 Å². The van der Waals surface area contributed by atoms with Crippen LogP contribution in [0.25, 0.3) is 0 Å². The van der Waals surface area contributed by atoms with Gasteiger partial charge in [0.05, 0.1) is 31.0 Å². The molecule has 0 aromatic heterocycles. The molecule has 0 spiro atoms. The lowest BCUT2D eigenvalue weighted by Gasteiger charge is -2.48. The van der Waals surface area contributed by atoms with E-state index in [-0.39, 0.29) is 0 Å². The van der Waals surface area contributed by atoms with Gasteiger partial charge in [0.25, 0.3) is 0 Å². The summed E-state index contributed by atoms with van der Waals surface area (Å²) in [6.07, 6.45) is 10.0. The lowest BCUT2D eigenvalue weighted by molar-refractivity contribution is 0.135. The van der Waals surface area contributed by atoms with Crippen molar-refractivity contribution < 1.29 is 9.47 Å². The average molecular weight is 432 g/mol. The standard InChI is InChI=1S/C18H34BBrN2O2P/c1-23-13-16-7-4-10-21(16)25(19,18-9-3-6-15(20)12-18)22-11-5-8-17(22)14-24-2/h15-18H,3-14H2,1-2H3/q+1/t15-,16+,17+,18?/m0/s1. The number of rotatable bonds is 7. The van der Waals surface area contributed by atoms with E-state index in [2.05, 4.69) is 25.3 Å². The lowest BCUT2D eigenvalue weighted by atomic mass is 10.0. The van der Waals surface area contributed by atoms with Crippen molar-refractivity contribution in [3.63, 3.8) is 0 Å². The second-order valence-corrected chi connectivity index (χ2v) is 12.4. The van der Waals surface area contributed by atoms with E-state index in [0.717, 1.165) is 26.3 Å². The van der Waals surface area contributed by atoms with Crippen molar-refractivity contribution in [3.05, 3.63) is 0 Å². The van der Waals surface area contributed by atoms with Crippen molar-refractivity contribution in [2.45, 2.75) is 73.9 Å². The molecule has 0 aromatic carbocycles. The smallest absolute Gasteiger partial charge is 0.383 e. The number of halogens is 1. The van der Waals surface area contributed by atoms with Crippen molar-refractivity contribution in [1.82, 2.24) is 9.34 Å². The predicted molar refractivity (Wildman–Crippen MR) is 111 cm³/mol. The summed E-state index contributed by atoms with van der Waals surface area (Å²) in [5, 5.41) is 0. The molecule has 3 aliphatic rings. The molecule has 1 saturated carbocycles. The number of hydrogen-bond acceptors (Lipinski definition) is 4. The van der Waals surface area contributed by atoms with E-state index in [1.54, 1.807) is 0 Å². The van der Waals surface area contributed by atoms with Crippen molar-refractivity contribution in [1.29, 1.82) is 0 Å². The Morgan fingerprint density at radius 2 is 1.48 bits per heavy atom. The molecule has 3 rings (SSSR count). The van der Waals surface area contributed by atoms with Crippen LogP contribution in [0.2, 0.25) is 0 Å². The molecule has 4 atom stereocenters. The molecule has 2 saturated heterocycles. The van der Waals surface area contributed by atoms with Crippen LogP contribution in [0.1, 0.15) is 51.4 Å². The minimum atomic E-state index is -1.87. The number of methoxy groups -OCH3 is 2. The molecule has 2 heterocycles. The third kappa shape index (κ3) is 4.30. The van der Waals surface area contributed by atoms with Gasteiger partial charge in [0, 0.05) is 32.1 Å². The Kier molecular flexibility index (Phi) is 7.68. The molecule has 4 nitrogen and oxygen atoms in total. The SMILES string of the molecule is [B][P+](C1CCC[C@H](Br)C1)(N1CCC[C@@H]1COC)N1CCC[C@@H]1COC. The fourth-order valence-corrected chi connectivity index (χ4v) is 10.9. The van der Waals surface area contributed by atoms with Gasteiger partial charge in [0.1, 0.15) is 7.44 Å². The van der Waals surface area contributed by atoms with E-state index in [9.17, 15) is 0 Å². The molecule has 0 aromatic rings. The third-order valence-corrected chi connectivity index (χ3v) is 11.4. The number of ether oxygens (including phenoxy) is 2. The Balaban J connectivity index is 1.89. The van der Waals surface area contributed by atoms with Gasteiger partial charge >= 0.3 is 7.57 Å². The summed E-state index contributed by atoms with van der Waals surface area (Å²) >= 11 is 3.91. The molecule has 0 N–H and O–H groups in total. The average Bonchev–Trinajstić information content (AvgIpc) is 3.25. The van der Waals surface area contributed by atoms with Gasteiger partial charge in [0.2, 0.25) is 0 Å². The van der Waals surface area contributed by atoms with Crippen LogP contribution in [-0.4, -0.2) is 80.0 Å². The molecule has 1 unspecified atom stereocenters. The summed E-state index contributed by atoms with van der Waals surface area (Å²) < 4.78 is 16.5. The quantitative estimate of drug-likeness (QED) is 0.347. The van der Waals surface area contributed by atoms with Gasteiger partial charge in [0.15, 0.2) is 0 Å². The summed E-state index contributed by atoms with van der Waals surface area (Å²) in [4.78, 5) is 0.626. The summed E-state index contributed by atoms with van der Waals surface area (Å²) in [5.74, 6) is 0. The van der Waals surface area contributed by atoms with Crippen LogP contribution in [0.4, 0.5) is 0 Å². The van der Waals surface area contributed by atoms with E-state index >= 15 is 0 Å². The first-order valence-corrected chi connectivity index (χ1v) is 12.7. The summed E-state index contributed by atoms with van der Waals surface area (Å²) in [6.45, 7) is 3.90. The predicted octanol–water partition coefficient (Wildman–Crippen LogP) is 3.85. The maximum Gasteiger partial charge on any atom is 0.409 e. The second-order valence-electron chi connectivity index (χ2n) is 7.95. The first kappa shape index (κ1) is 20.5. The summed E-state index contributed by atoms with van der Waals surface area (Å²) in [6, 6.07) is 0.977. The molecular weight excluding hydrogens is 398 g/mol. The minimum Gasteiger partial charge on any atom is -0.383 e. The molecule has 0 bridgehead atoms. The van der Waals surface area contributed by atoms with Crippen molar-refractivity contribution in [2.75, 3.05) is 40.5 Å². The highest BCUT2D eigenvalue weighted by molar-refractivity contribution is 9.09. The molecule has 0 amide bonds. The first-order chi connectivity index (χ1) is 12.1. The van der Waals surface area contributed by atoms with Gasteiger partial charge in [-0.05, 0) is 51.4 Å². The largest absolute Gasteiger partial charge is 0.409 e. The summed E-state index contributed by atoms with van der Waals surface area (Å²) in [7, 11) is 9.30. The molecule has 1 aliphatic carbocycles. The van der Waals surface area contributed by atoms with Crippen LogP contribution in [0, 0.1) is 0 Å². The molecule has 3 fully saturated rings. The van der Waals surface area contributed by atoms with Gasteiger partial charge in [-0.2, -0.15) is 9.34 Å². The molecular formula is C18H34BBrN2O2P+. The topological polar surface area (TPSA) is 24.9 Å². The molecule has 2 aliphatic heterocycles. The van der Waals surface area contributed by atoms with Crippen LogP contribution in [0.5, 0.6) is 0 Å². The van der Waals surface area contributed by atoms with Crippen LogP contribution in [0.3, 0.4) is 0 Å². The maximum atomic E-state index is 7.52. The van der Waals surface area contributed by atoms with Crippen molar-refractivity contribution in [3.8, 4) is 0 Å². The zero-order valence-electron chi connectivity index (χ0n) is 15.9. The van der Waals surface area contributed by atoms with E-state index < -0.39 is 7.44 Å². The van der Waals surface area contributed by atoms with Crippen LogP contribution in [0.15, 0.2) is 0 Å². The highest BCUT2D eigenvalue weighted by Gasteiger charge is 2.58. The Morgan fingerprint density at radius 3 is 1.96 bits per heavy atom. The van der Waals surface area contributed by atoms with Gasteiger partial charge in [-0.25, -0.2) is 0 Å². The Labute approximate surface area is 164 Å². The lowest BCUT2D eigenvalue weighted by Crippen LogP contribution is -2.48. The minimum absolute atomic E-state index is 0.489. The van der Waals surface area contributed by atoms with E-state index in [1.165, 1.54) is 51.4 Å². The molecule has 2 radical (unpaired) electrons. The fourth-order valence-electron chi connectivity index (χ4n) is 5.23. The summed E-state index contributed by atoms with van der Waals surface area (Å²) in [5.41, 5.74) is 0.612. The van der Waals surface area contributed by atoms with Crippen LogP contribution in [-0.2, 0) is 9.47 Å². The van der Waals surface area contributed by atoms with Crippen molar-refractivity contribution in [2.24, 2.45) is 0 Å². The van der Waals surface area contributed by atoms with E-state index in [4.69, 9.17) is 17.0 Å². The van der Waals surface area contributed by atoms with E-state index in [0.29, 0.717) is 22.6 Å². The van der Waals surface area contributed by atoms with Gasteiger partial charge in [-0.15, -0.1) is 0 Å². The van der Waals surface area contributed by atoms with Gasteiger partial charge in [-0.3, -0.25) is 0 Å². The Bertz CT molecular complexity index is 410. The maximum absolute atomic E-state index is 7.52. The zero-order chi connectivity index (χ0) is 17.9. The van der Waals surface area contributed by atoms with Crippen LogP contribution < -0.4 is 0 Å². The number of hydrogen-bond donors (Lipinski definition) is 0. The van der Waals surface area contributed by atoms with Crippen molar-refractivity contribution >= 4 is 30.9 Å². The second kappa shape index (κ2) is 9.34. The third-order valence-electron chi connectivity index (χ3n) is 6.35. The normalized spacial score (nSPS) is 35.5. The van der Waals surface area contributed by atoms with Gasteiger partial charge in [-0.1, -0.05) is 15.9 Å². The molecule has 142 valence electrons. The fraction of sp³-hybridized carbons (Fsp3) is 1.00. The Morgan fingerprint density at radius 1 is 0.920 bits per heavy atom. The first-order valence-electron chi connectivity index (χ1n) is 9.94. The van der Waals surface area contributed by atoms with Crippen LogP contribution >= 0.6 is 23.4 Å². The molecule has 7 heteroatoms. The highest BCUT2D eigenvalue weighted by atomic mass is 79.9. The zero-order valence-corrected chi connectivity index (χ0v) is 18.4. The van der Waals surface area contributed by atoms with Gasteiger partial charge < -0.3 is 9.47 Å². The number of nitrogens with zero attached hydrogens (tertiary/aromatic N) is 2.